The lowest BCUT2D eigenvalue weighted by Crippen LogP contribution is -2.23. The lowest BCUT2D eigenvalue weighted by Gasteiger charge is -2.21. The number of H-pyrrole nitrogens is 1. The first kappa shape index (κ1) is 19.5. The van der Waals surface area contributed by atoms with Gasteiger partial charge in [-0.25, -0.2) is 14.4 Å². The zero-order valence-electron chi connectivity index (χ0n) is 17.2. The molecule has 6 nitrogen and oxygen atoms in total. The Labute approximate surface area is 179 Å². The topological polar surface area (TPSA) is 67.2 Å². The van der Waals surface area contributed by atoms with Crippen LogP contribution in [0, 0.1) is 5.82 Å². The van der Waals surface area contributed by atoms with Gasteiger partial charge in [0.05, 0.1) is 37.8 Å². The van der Waals surface area contributed by atoms with E-state index in [2.05, 4.69) is 19.9 Å². The maximum absolute atomic E-state index is 13.2. The van der Waals surface area contributed by atoms with Gasteiger partial charge < -0.3 is 14.1 Å². The van der Waals surface area contributed by atoms with Crippen molar-refractivity contribution < 1.29 is 13.5 Å². The molecule has 158 valence electrons. The van der Waals surface area contributed by atoms with Crippen LogP contribution in [0.25, 0.3) is 22.6 Å². The Balaban J connectivity index is 1.32. The first-order valence-electron chi connectivity index (χ1n) is 10.3. The van der Waals surface area contributed by atoms with Crippen LogP contribution in [-0.2, 0) is 6.54 Å². The van der Waals surface area contributed by atoms with E-state index in [1.807, 2.05) is 30.5 Å². The van der Waals surface area contributed by atoms with Crippen LogP contribution in [-0.4, -0.2) is 33.5 Å². The fraction of sp³-hybridized carbons (Fsp3) is 0.250. The molecule has 3 heterocycles. The first-order valence-corrected chi connectivity index (χ1v) is 10.3. The van der Waals surface area contributed by atoms with E-state index in [4.69, 9.17) is 9.15 Å². The highest BCUT2D eigenvalue weighted by Crippen LogP contribution is 2.33. The standard InChI is InChI=1S/C24H23FN4O2/c1-30-19-5-2-4-17(12-19)20-13-27-24(28-20)21-6-3-11-29(21)15-23-26-14-22(31-23)16-7-9-18(25)10-8-16/h2,4-5,7-10,12-14,21H,3,6,11,15H2,1H3,(H,27,28). The minimum atomic E-state index is -0.268. The summed E-state index contributed by atoms with van der Waals surface area (Å²) in [5, 5.41) is 0. The third kappa shape index (κ3) is 4.09. The molecule has 0 bridgehead atoms. The van der Waals surface area contributed by atoms with Crippen molar-refractivity contribution in [3.63, 3.8) is 0 Å². The first-order chi connectivity index (χ1) is 15.2. The molecule has 0 aliphatic carbocycles. The summed E-state index contributed by atoms with van der Waals surface area (Å²) in [7, 11) is 1.66. The third-order valence-electron chi connectivity index (χ3n) is 5.68. The lowest BCUT2D eigenvalue weighted by molar-refractivity contribution is 0.218. The summed E-state index contributed by atoms with van der Waals surface area (Å²) in [5.41, 5.74) is 2.82. The SMILES string of the molecule is COc1cccc(-c2cnc(C3CCCN3Cc3ncc(-c4ccc(F)cc4)o3)[nH]2)c1. The van der Waals surface area contributed by atoms with Gasteiger partial charge in [-0.3, -0.25) is 4.90 Å². The molecule has 2 aromatic carbocycles. The summed E-state index contributed by atoms with van der Waals surface area (Å²) >= 11 is 0. The fourth-order valence-electron chi connectivity index (χ4n) is 4.07. The van der Waals surface area contributed by atoms with Crippen molar-refractivity contribution >= 4 is 0 Å². The van der Waals surface area contributed by atoms with Gasteiger partial charge in [0.25, 0.3) is 0 Å². The van der Waals surface area contributed by atoms with Gasteiger partial charge in [0.15, 0.2) is 5.76 Å². The predicted molar refractivity (Wildman–Crippen MR) is 115 cm³/mol. The number of oxazole rings is 1. The van der Waals surface area contributed by atoms with E-state index < -0.39 is 0 Å². The molecule has 0 spiro atoms. The third-order valence-corrected chi connectivity index (χ3v) is 5.68. The summed E-state index contributed by atoms with van der Waals surface area (Å²) in [6, 6.07) is 14.3. The van der Waals surface area contributed by atoms with Gasteiger partial charge in [-0.05, 0) is 55.8 Å². The van der Waals surface area contributed by atoms with Crippen molar-refractivity contribution in [2.24, 2.45) is 0 Å². The van der Waals surface area contributed by atoms with Crippen LogP contribution in [0.5, 0.6) is 5.75 Å². The van der Waals surface area contributed by atoms with Gasteiger partial charge in [0, 0.05) is 11.1 Å². The molecule has 0 saturated carbocycles. The highest BCUT2D eigenvalue weighted by atomic mass is 19.1. The second-order valence-corrected chi connectivity index (χ2v) is 7.67. The second-order valence-electron chi connectivity index (χ2n) is 7.67. The minimum absolute atomic E-state index is 0.181. The molecule has 1 unspecified atom stereocenters. The van der Waals surface area contributed by atoms with Gasteiger partial charge in [-0.1, -0.05) is 12.1 Å². The number of hydrogen-bond donors (Lipinski definition) is 1. The van der Waals surface area contributed by atoms with E-state index in [0.29, 0.717) is 18.2 Å². The summed E-state index contributed by atoms with van der Waals surface area (Å²) in [4.78, 5) is 14.9. The fourth-order valence-corrected chi connectivity index (χ4v) is 4.07. The quantitative estimate of drug-likeness (QED) is 0.465. The smallest absolute Gasteiger partial charge is 0.209 e. The molecule has 31 heavy (non-hydrogen) atoms. The molecular formula is C24H23FN4O2. The number of imidazole rings is 1. The van der Waals surface area contributed by atoms with Crippen molar-refractivity contribution in [1.82, 2.24) is 19.9 Å². The van der Waals surface area contributed by atoms with Crippen molar-refractivity contribution in [3.05, 3.63) is 78.5 Å². The Morgan fingerprint density at radius 3 is 2.84 bits per heavy atom. The predicted octanol–water partition coefficient (Wildman–Crippen LogP) is 5.22. The van der Waals surface area contributed by atoms with Crippen LogP contribution in [0.2, 0.25) is 0 Å². The van der Waals surface area contributed by atoms with Gasteiger partial charge in [-0.2, -0.15) is 0 Å². The Kier molecular flexibility index (Phi) is 5.26. The molecule has 1 aliphatic heterocycles. The number of methoxy groups -OCH3 is 1. The molecule has 1 aliphatic rings. The highest BCUT2D eigenvalue weighted by Gasteiger charge is 2.29. The number of nitrogens with zero attached hydrogens (tertiary/aromatic N) is 3. The number of likely N-dealkylation sites (tertiary alicyclic amines) is 1. The second kappa shape index (κ2) is 8.35. The molecule has 2 aromatic heterocycles. The number of benzene rings is 2. The number of aromatic amines is 1. The average molecular weight is 418 g/mol. The molecule has 1 fully saturated rings. The maximum Gasteiger partial charge on any atom is 0.209 e. The van der Waals surface area contributed by atoms with Crippen LogP contribution in [0.3, 0.4) is 0 Å². The Hall–Kier alpha value is -3.45. The van der Waals surface area contributed by atoms with E-state index in [1.54, 1.807) is 25.4 Å². The van der Waals surface area contributed by atoms with Crippen molar-refractivity contribution in [2.45, 2.75) is 25.4 Å². The summed E-state index contributed by atoms with van der Waals surface area (Å²) in [6.45, 7) is 1.55. The Morgan fingerprint density at radius 1 is 1.13 bits per heavy atom. The highest BCUT2D eigenvalue weighted by molar-refractivity contribution is 5.60. The van der Waals surface area contributed by atoms with Gasteiger partial charge in [0.2, 0.25) is 5.89 Å². The molecule has 1 saturated heterocycles. The number of rotatable bonds is 6. The number of nitrogens with one attached hydrogen (secondary N) is 1. The van der Waals surface area contributed by atoms with Crippen LogP contribution in [0.4, 0.5) is 4.39 Å². The summed E-state index contributed by atoms with van der Waals surface area (Å²) < 4.78 is 24.4. The Bertz CT molecular complexity index is 1170. The molecule has 1 N–H and O–H groups in total. The van der Waals surface area contributed by atoms with E-state index in [1.165, 1.54) is 12.1 Å². The van der Waals surface area contributed by atoms with Gasteiger partial charge in [0.1, 0.15) is 17.4 Å². The van der Waals surface area contributed by atoms with Gasteiger partial charge >= 0.3 is 0 Å². The largest absolute Gasteiger partial charge is 0.497 e. The molecule has 4 aromatic rings. The minimum Gasteiger partial charge on any atom is -0.497 e. The number of aromatic nitrogens is 3. The van der Waals surface area contributed by atoms with Crippen molar-refractivity contribution in [2.75, 3.05) is 13.7 Å². The summed E-state index contributed by atoms with van der Waals surface area (Å²) in [6.07, 6.45) is 5.68. The molecule has 0 amide bonds. The van der Waals surface area contributed by atoms with Crippen LogP contribution in [0.1, 0.15) is 30.6 Å². The molecular weight excluding hydrogens is 395 g/mol. The van der Waals surface area contributed by atoms with Gasteiger partial charge in [-0.15, -0.1) is 0 Å². The molecule has 7 heteroatoms. The number of hydrogen-bond acceptors (Lipinski definition) is 5. The van der Waals surface area contributed by atoms with Crippen molar-refractivity contribution in [3.8, 4) is 28.3 Å². The zero-order chi connectivity index (χ0) is 21.2. The van der Waals surface area contributed by atoms with E-state index in [9.17, 15) is 4.39 Å². The van der Waals surface area contributed by atoms with Crippen molar-refractivity contribution in [1.29, 1.82) is 0 Å². The zero-order valence-corrected chi connectivity index (χ0v) is 17.2. The van der Waals surface area contributed by atoms with E-state index in [0.717, 1.165) is 47.8 Å². The van der Waals surface area contributed by atoms with Crippen LogP contribution < -0.4 is 4.74 Å². The molecule has 5 rings (SSSR count). The Morgan fingerprint density at radius 2 is 2.00 bits per heavy atom. The monoisotopic (exact) mass is 418 g/mol. The summed E-state index contributed by atoms with van der Waals surface area (Å²) in [5.74, 6) is 2.78. The molecule has 1 atom stereocenters. The number of ether oxygens (including phenoxy) is 1. The maximum atomic E-state index is 13.2. The average Bonchev–Trinajstić information content (AvgIpc) is 3.55. The van der Waals surface area contributed by atoms with Crippen LogP contribution >= 0.6 is 0 Å². The van der Waals surface area contributed by atoms with Crippen LogP contribution in [0.15, 0.2) is 65.3 Å². The normalized spacial score (nSPS) is 16.6. The number of halogens is 1. The van der Waals surface area contributed by atoms with E-state index >= 15 is 0 Å². The molecule has 0 radical (unpaired) electrons. The lowest BCUT2D eigenvalue weighted by atomic mass is 10.1. The van der Waals surface area contributed by atoms with E-state index in [-0.39, 0.29) is 11.9 Å².